The molecule has 1 aliphatic heterocycles. The minimum absolute atomic E-state index is 0.00346. The van der Waals surface area contributed by atoms with Crippen molar-refractivity contribution in [2.45, 2.75) is 45.4 Å². The topological polar surface area (TPSA) is 40.5 Å². The van der Waals surface area contributed by atoms with Crippen LogP contribution in [0.2, 0.25) is 0 Å². The molecule has 1 N–H and O–H groups in total. The molecule has 0 amide bonds. The number of hydrogen-bond acceptors (Lipinski definition) is 2. The molecule has 4 heteroatoms. The number of halogens is 1. The van der Waals surface area contributed by atoms with Crippen LogP contribution in [0.25, 0.3) is 0 Å². The first-order valence-corrected chi connectivity index (χ1v) is 8.10. The van der Waals surface area contributed by atoms with Crippen molar-refractivity contribution < 1.29 is 14.3 Å². The molecule has 0 aliphatic carbocycles. The summed E-state index contributed by atoms with van der Waals surface area (Å²) >= 11 is 0. The Bertz CT molecular complexity index is 604. The molecule has 1 saturated heterocycles. The van der Waals surface area contributed by atoms with Gasteiger partial charge in [-0.3, -0.25) is 4.79 Å². The maximum absolute atomic E-state index is 13.6. The van der Waals surface area contributed by atoms with E-state index >= 15 is 0 Å². The van der Waals surface area contributed by atoms with E-state index in [2.05, 4.69) is 32.3 Å². The molecule has 0 aromatic heterocycles. The third kappa shape index (κ3) is 4.57. The number of carboxylic acids is 1. The van der Waals surface area contributed by atoms with Crippen molar-refractivity contribution in [3.8, 4) is 0 Å². The molecule has 1 fully saturated rings. The Labute approximate surface area is 137 Å². The van der Waals surface area contributed by atoms with Gasteiger partial charge >= 0.3 is 5.97 Å². The molecular weight excluding hydrogens is 293 g/mol. The second-order valence-electron chi connectivity index (χ2n) is 7.49. The number of carbonyl (C=O) groups is 1. The monoisotopic (exact) mass is 319 g/mol. The second kappa shape index (κ2) is 6.73. The Kier molecular flexibility index (Phi) is 5.12. The molecule has 1 aromatic rings. The van der Waals surface area contributed by atoms with Crippen LogP contribution >= 0.6 is 0 Å². The fourth-order valence-corrected chi connectivity index (χ4v) is 3.31. The minimum Gasteiger partial charge on any atom is -0.481 e. The van der Waals surface area contributed by atoms with Crippen LogP contribution in [0, 0.1) is 11.7 Å². The van der Waals surface area contributed by atoms with Crippen molar-refractivity contribution in [2.24, 2.45) is 5.92 Å². The van der Waals surface area contributed by atoms with Crippen molar-refractivity contribution in [3.63, 3.8) is 0 Å². The summed E-state index contributed by atoms with van der Waals surface area (Å²) in [6, 6.07) is 5.07. The van der Waals surface area contributed by atoms with E-state index in [1.165, 1.54) is 11.6 Å². The van der Waals surface area contributed by atoms with Crippen LogP contribution in [0.3, 0.4) is 0 Å². The van der Waals surface area contributed by atoms with E-state index in [0.29, 0.717) is 11.6 Å². The molecule has 23 heavy (non-hydrogen) atoms. The van der Waals surface area contributed by atoms with Gasteiger partial charge in [0.25, 0.3) is 0 Å². The standard InChI is InChI=1S/C19H26FNO2/c1-13(9-18(22)23)21-8-7-14(12-21)10-15-5-6-16(20)11-17(15)19(2,3)4/h5-6,11,14H,1,7-10,12H2,2-4H3,(H,22,23). The summed E-state index contributed by atoms with van der Waals surface area (Å²) in [5.41, 5.74) is 2.83. The molecule has 1 atom stereocenters. The quantitative estimate of drug-likeness (QED) is 0.892. The van der Waals surface area contributed by atoms with Gasteiger partial charge in [0.2, 0.25) is 0 Å². The van der Waals surface area contributed by atoms with Crippen molar-refractivity contribution in [2.75, 3.05) is 13.1 Å². The van der Waals surface area contributed by atoms with Crippen molar-refractivity contribution in [3.05, 3.63) is 47.4 Å². The lowest BCUT2D eigenvalue weighted by Gasteiger charge is -2.25. The highest BCUT2D eigenvalue weighted by molar-refractivity contribution is 5.69. The Hall–Kier alpha value is -1.84. The van der Waals surface area contributed by atoms with Gasteiger partial charge in [-0.15, -0.1) is 0 Å². The van der Waals surface area contributed by atoms with Crippen molar-refractivity contribution in [1.29, 1.82) is 0 Å². The molecule has 3 nitrogen and oxygen atoms in total. The zero-order chi connectivity index (χ0) is 17.2. The van der Waals surface area contributed by atoms with Gasteiger partial charge in [0.05, 0.1) is 6.42 Å². The van der Waals surface area contributed by atoms with Crippen LogP contribution in [-0.2, 0) is 16.6 Å². The summed E-state index contributed by atoms with van der Waals surface area (Å²) < 4.78 is 13.6. The number of likely N-dealkylation sites (tertiary alicyclic amines) is 1. The van der Waals surface area contributed by atoms with Gasteiger partial charge in [0.15, 0.2) is 0 Å². The highest BCUT2D eigenvalue weighted by Crippen LogP contribution is 2.31. The first-order chi connectivity index (χ1) is 10.7. The molecule has 126 valence electrons. The van der Waals surface area contributed by atoms with E-state index in [1.54, 1.807) is 6.07 Å². The van der Waals surface area contributed by atoms with E-state index in [9.17, 15) is 9.18 Å². The van der Waals surface area contributed by atoms with Crippen LogP contribution < -0.4 is 0 Å². The lowest BCUT2D eigenvalue weighted by atomic mass is 9.81. The van der Waals surface area contributed by atoms with E-state index in [1.807, 2.05) is 6.07 Å². The van der Waals surface area contributed by atoms with E-state index in [0.717, 1.165) is 31.5 Å². The summed E-state index contributed by atoms with van der Waals surface area (Å²) in [4.78, 5) is 12.9. The average Bonchev–Trinajstić information content (AvgIpc) is 2.87. The third-order valence-corrected chi connectivity index (χ3v) is 4.48. The lowest BCUT2D eigenvalue weighted by Crippen LogP contribution is -2.22. The van der Waals surface area contributed by atoms with Gasteiger partial charge < -0.3 is 10.0 Å². The largest absolute Gasteiger partial charge is 0.481 e. The van der Waals surface area contributed by atoms with Gasteiger partial charge in [-0.25, -0.2) is 4.39 Å². The Morgan fingerprint density at radius 1 is 1.43 bits per heavy atom. The number of hydrogen-bond donors (Lipinski definition) is 1. The predicted molar refractivity (Wildman–Crippen MR) is 89.9 cm³/mol. The van der Waals surface area contributed by atoms with Gasteiger partial charge in [-0.05, 0) is 47.4 Å². The lowest BCUT2D eigenvalue weighted by molar-refractivity contribution is -0.136. The molecular formula is C19H26FNO2. The Morgan fingerprint density at radius 3 is 2.74 bits per heavy atom. The van der Waals surface area contributed by atoms with E-state index in [-0.39, 0.29) is 17.7 Å². The summed E-state index contributed by atoms with van der Waals surface area (Å²) in [5, 5.41) is 8.87. The van der Waals surface area contributed by atoms with E-state index in [4.69, 9.17) is 5.11 Å². The maximum atomic E-state index is 13.6. The first kappa shape index (κ1) is 17.5. The molecule has 1 heterocycles. The smallest absolute Gasteiger partial charge is 0.309 e. The molecule has 0 bridgehead atoms. The van der Waals surface area contributed by atoms with Gasteiger partial charge in [-0.1, -0.05) is 33.4 Å². The fourth-order valence-electron chi connectivity index (χ4n) is 3.31. The third-order valence-electron chi connectivity index (χ3n) is 4.48. The zero-order valence-electron chi connectivity index (χ0n) is 14.2. The van der Waals surface area contributed by atoms with Crippen LogP contribution in [0.4, 0.5) is 4.39 Å². The number of nitrogens with zero attached hydrogens (tertiary/aromatic N) is 1. The van der Waals surface area contributed by atoms with Gasteiger partial charge in [0.1, 0.15) is 5.82 Å². The number of aliphatic carboxylic acids is 1. The Balaban J connectivity index is 2.07. The van der Waals surface area contributed by atoms with Crippen LogP contribution in [-0.4, -0.2) is 29.1 Å². The molecule has 0 saturated carbocycles. The first-order valence-electron chi connectivity index (χ1n) is 8.10. The maximum Gasteiger partial charge on any atom is 0.309 e. The molecule has 0 radical (unpaired) electrons. The van der Waals surface area contributed by atoms with Crippen LogP contribution in [0.5, 0.6) is 0 Å². The molecule has 0 spiro atoms. The highest BCUT2D eigenvalue weighted by Gasteiger charge is 2.26. The van der Waals surface area contributed by atoms with Crippen LogP contribution in [0.15, 0.2) is 30.5 Å². The van der Waals surface area contributed by atoms with Gasteiger partial charge in [-0.2, -0.15) is 0 Å². The zero-order valence-corrected chi connectivity index (χ0v) is 14.2. The minimum atomic E-state index is -0.841. The summed E-state index contributed by atoms with van der Waals surface area (Å²) in [7, 11) is 0. The molecule has 1 aliphatic rings. The Morgan fingerprint density at radius 2 is 2.13 bits per heavy atom. The summed E-state index contributed by atoms with van der Waals surface area (Å²) in [5.74, 6) is -0.583. The SMILES string of the molecule is C=C(CC(=O)O)N1CCC(Cc2ccc(F)cc2C(C)(C)C)C1. The van der Waals surface area contributed by atoms with Gasteiger partial charge in [0, 0.05) is 18.8 Å². The molecule has 2 rings (SSSR count). The molecule has 1 unspecified atom stereocenters. The second-order valence-corrected chi connectivity index (χ2v) is 7.49. The van der Waals surface area contributed by atoms with Crippen LogP contribution in [0.1, 0.15) is 44.7 Å². The summed E-state index contributed by atoms with van der Waals surface area (Å²) in [6.45, 7) is 11.9. The van der Waals surface area contributed by atoms with Crippen molar-refractivity contribution >= 4 is 5.97 Å². The highest BCUT2D eigenvalue weighted by atomic mass is 19.1. The van der Waals surface area contributed by atoms with Crippen molar-refractivity contribution in [1.82, 2.24) is 4.90 Å². The number of benzene rings is 1. The van der Waals surface area contributed by atoms with E-state index < -0.39 is 5.97 Å². The average molecular weight is 319 g/mol. The predicted octanol–water partition coefficient (Wildman–Crippen LogP) is 3.98. The number of carboxylic acid groups (broad SMARTS) is 1. The fraction of sp³-hybridized carbons (Fsp3) is 0.526. The summed E-state index contributed by atoms with van der Waals surface area (Å²) in [6.07, 6.45) is 1.90. The normalized spacial score (nSPS) is 18.3. The number of rotatable bonds is 5. The molecule has 1 aromatic carbocycles.